The molecule has 15 heavy (non-hydrogen) atoms. The molecule has 0 unspecified atom stereocenters. The molecule has 0 radical (unpaired) electrons. The smallest absolute Gasteiger partial charge is 0.410 e. The number of rotatable bonds is 0. The summed E-state index contributed by atoms with van der Waals surface area (Å²) in [4.78, 5) is 13.1. The predicted molar refractivity (Wildman–Crippen MR) is 56.4 cm³/mol. The van der Waals surface area contributed by atoms with E-state index in [2.05, 4.69) is 0 Å². The molecule has 0 aromatic heterocycles. The van der Waals surface area contributed by atoms with Crippen molar-refractivity contribution in [2.24, 2.45) is 5.73 Å². The molecule has 0 aliphatic carbocycles. The van der Waals surface area contributed by atoms with E-state index in [1.165, 1.54) is 4.90 Å². The Bertz CT molecular complexity index is 227. The molecule has 5 nitrogen and oxygen atoms in total. The number of aliphatic hydroxyl groups is 1. The summed E-state index contributed by atoms with van der Waals surface area (Å²) < 4.78 is 5.19. The lowest BCUT2D eigenvalue weighted by Crippen LogP contribution is -2.52. The number of amides is 1. The number of piperidine rings is 1. The lowest BCUT2D eigenvalue weighted by molar-refractivity contribution is 0.000482. The minimum Gasteiger partial charge on any atom is -0.444 e. The Hall–Kier alpha value is -0.810. The first-order valence-corrected chi connectivity index (χ1v) is 5.19. The summed E-state index contributed by atoms with van der Waals surface area (Å²) in [6, 6.07) is -0.165. The maximum atomic E-state index is 11.6. The highest BCUT2D eigenvalue weighted by Gasteiger charge is 2.29. The average molecular weight is 216 g/mol. The Morgan fingerprint density at radius 1 is 1.47 bits per heavy atom. The van der Waals surface area contributed by atoms with Crippen molar-refractivity contribution in [3.63, 3.8) is 0 Å². The van der Waals surface area contributed by atoms with Crippen LogP contribution in [0, 0.1) is 0 Å². The van der Waals surface area contributed by atoms with E-state index in [9.17, 15) is 9.90 Å². The van der Waals surface area contributed by atoms with Gasteiger partial charge in [-0.05, 0) is 27.2 Å². The number of ether oxygens (including phenoxy) is 1. The van der Waals surface area contributed by atoms with Crippen LogP contribution in [-0.2, 0) is 4.74 Å². The van der Waals surface area contributed by atoms with Crippen molar-refractivity contribution in [2.75, 3.05) is 13.1 Å². The monoisotopic (exact) mass is 216 g/mol. The van der Waals surface area contributed by atoms with Crippen molar-refractivity contribution in [3.05, 3.63) is 0 Å². The fraction of sp³-hybridized carbons (Fsp3) is 0.900. The molecule has 88 valence electrons. The molecule has 2 atom stereocenters. The molecule has 1 rings (SSSR count). The number of carbonyl (C=O) groups is 1. The van der Waals surface area contributed by atoms with Gasteiger partial charge in [-0.25, -0.2) is 4.79 Å². The summed E-state index contributed by atoms with van der Waals surface area (Å²) in [6.07, 6.45) is -0.405. The molecule has 0 bridgehead atoms. The first kappa shape index (κ1) is 12.3. The zero-order chi connectivity index (χ0) is 11.6. The molecule has 1 heterocycles. The zero-order valence-corrected chi connectivity index (χ0v) is 9.56. The quantitative estimate of drug-likeness (QED) is 0.611. The Morgan fingerprint density at radius 2 is 2.07 bits per heavy atom. The highest BCUT2D eigenvalue weighted by Crippen LogP contribution is 2.14. The van der Waals surface area contributed by atoms with Gasteiger partial charge < -0.3 is 20.5 Å². The molecule has 3 N–H and O–H groups in total. The van der Waals surface area contributed by atoms with Crippen LogP contribution in [-0.4, -0.2) is 46.9 Å². The molecule has 5 heteroatoms. The number of β-amino-alcohol motifs (C(OH)–C–C–N with tert-alkyl or cyclic N) is 1. The lowest BCUT2D eigenvalue weighted by Gasteiger charge is -2.35. The minimum absolute atomic E-state index is 0.165. The largest absolute Gasteiger partial charge is 0.444 e. The van der Waals surface area contributed by atoms with Crippen molar-refractivity contribution in [2.45, 2.75) is 44.9 Å². The Labute approximate surface area is 90.2 Å². The summed E-state index contributed by atoms with van der Waals surface area (Å²) in [5.41, 5.74) is 5.20. The molecule has 0 spiro atoms. The maximum absolute atomic E-state index is 11.6. The van der Waals surface area contributed by atoms with Gasteiger partial charge in [0.1, 0.15) is 5.60 Å². The van der Waals surface area contributed by atoms with E-state index in [1.54, 1.807) is 0 Å². The van der Waals surface area contributed by atoms with Crippen molar-refractivity contribution in [1.82, 2.24) is 4.90 Å². The number of nitrogens with zero attached hydrogens (tertiary/aromatic N) is 1. The van der Waals surface area contributed by atoms with Gasteiger partial charge >= 0.3 is 6.09 Å². The number of aliphatic hydroxyl groups excluding tert-OH is 1. The number of hydrogen-bond donors (Lipinski definition) is 2. The minimum atomic E-state index is -0.540. The van der Waals surface area contributed by atoms with Gasteiger partial charge in [-0.2, -0.15) is 0 Å². The molecule has 1 amide bonds. The normalized spacial score (nSPS) is 27.7. The van der Waals surface area contributed by atoms with Gasteiger partial charge in [-0.3, -0.25) is 0 Å². The molecule has 0 aromatic carbocycles. The van der Waals surface area contributed by atoms with E-state index in [0.29, 0.717) is 19.5 Å². The fourth-order valence-corrected chi connectivity index (χ4v) is 1.59. The highest BCUT2D eigenvalue weighted by atomic mass is 16.6. The SMILES string of the molecule is CC(C)(C)OC(=O)N1C[C@@H](N)C[C@H](O)C1. The van der Waals surface area contributed by atoms with Crippen molar-refractivity contribution >= 4 is 6.09 Å². The van der Waals surface area contributed by atoms with E-state index >= 15 is 0 Å². The molecule has 1 fully saturated rings. The van der Waals surface area contributed by atoms with Crippen LogP contribution >= 0.6 is 0 Å². The second-order valence-corrected chi connectivity index (χ2v) is 5.03. The van der Waals surface area contributed by atoms with E-state index in [4.69, 9.17) is 10.5 Å². The first-order chi connectivity index (χ1) is 6.78. The second-order valence-electron chi connectivity index (χ2n) is 5.03. The summed E-state index contributed by atoms with van der Waals surface area (Å²) in [7, 11) is 0. The molecule has 1 saturated heterocycles. The van der Waals surface area contributed by atoms with Crippen LogP contribution in [0.2, 0.25) is 0 Å². The van der Waals surface area contributed by atoms with E-state index in [1.807, 2.05) is 20.8 Å². The number of hydrogen-bond acceptors (Lipinski definition) is 4. The molecule has 1 aliphatic heterocycles. The summed E-state index contributed by atoms with van der Waals surface area (Å²) in [5.74, 6) is 0. The molecule has 1 aliphatic rings. The van der Waals surface area contributed by atoms with Gasteiger partial charge in [0.2, 0.25) is 0 Å². The lowest BCUT2D eigenvalue weighted by atomic mass is 10.0. The van der Waals surface area contributed by atoms with Crippen LogP contribution in [0.1, 0.15) is 27.2 Å². The van der Waals surface area contributed by atoms with Crippen LogP contribution < -0.4 is 5.73 Å². The standard InChI is InChI=1S/C10H20N2O3/c1-10(2,3)15-9(14)12-5-7(11)4-8(13)6-12/h7-8,13H,4-6,11H2,1-3H3/t7-,8-/m0/s1. The van der Waals surface area contributed by atoms with Gasteiger partial charge in [0.25, 0.3) is 0 Å². The van der Waals surface area contributed by atoms with Crippen molar-refractivity contribution in [3.8, 4) is 0 Å². The van der Waals surface area contributed by atoms with Gasteiger partial charge in [0.15, 0.2) is 0 Å². The van der Waals surface area contributed by atoms with E-state index < -0.39 is 17.8 Å². The fourth-order valence-electron chi connectivity index (χ4n) is 1.59. The Morgan fingerprint density at radius 3 is 2.53 bits per heavy atom. The van der Waals surface area contributed by atoms with Crippen LogP contribution in [0.3, 0.4) is 0 Å². The van der Waals surface area contributed by atoms with Crippen LogP contribution in [0.5, 0.6) is 0 Å². The van der Waals surface area contributed by atoms with Gasteiger partial charge in [0.05, 0.1) is 12.6 Å². The van der Waals surface area contributed by atoms with Gasteiger partial charge in [-0.15, -0.1) is 0 Å². The maximum Gasteiger partial charge on any atom is 0.410 e. The van der Waals surface area contributed by atoms with Crippen LogP contribution in [0.15, 0.2) is 0 Å². The third-order valence-corrected chi connectivity index (χ3v) is 2.11. The molecular weight excluding hydrogens is 196 g/mol. The van der Waals surface area contributed by atoms with E-state index in [0.717, 1.165) is 0 Å². The van der Waals surface area contributed by atoms with Crippen LogP contribution in [0.25, 0.3) is 0 Å². The summed E-state index contributed by atoms with van der Waals surface area (Å²) in [6.45, 7) is 6.19. The van der Waals surface area contributed by atoms with Crippen LogP contribution in [0.4, 0.5) is 4.79 Å². The highest BCUT2D eigenvalue weighted by molar-refractivity contribution is 5.68. The Balaban J connectivity index is 2.52. The summed E-state index contributed by atoms with van der Waals surface area (Å²) in [5, 5.41) is 9.47. The number of carbonyl (C=O) groups excluding carboxylic acids is 1. The molecular formula is C10H20N2O3. The topological polar surface area (TPSA) is 75.8 Å². The number of nitrogens with two attached hydrogens (primary N) is 1. The van der Waals surface area contributed by atoms with Gasteiger partial charge in [-0.1, -0.05) is 0 Å². The third-order valence-electron chi connectivity index (χ3n) is 2.11. The van der Waals surface area contributed by atoms with Crippen molar-refractivity contribution in [1.29, 1.82) is 0 Å². The third kappa shape index (κ3) is 4.05. The Kier molecular flexibility index (Phi) is 3.57. The number of likely N-dealkylation sites (tertiary alicyclic amines) is 1. The predicted octanol–water partition coefficient (Wildman–Crippen LogP) is 0.315. The molecule has 0 saturated carbocycles. The first-order valence-electron chi connectivity index (χ1n) is 5.19. The van der Waals surface area contributed by atoms with Crippen molar-refractivity contribution < 1.29 is 14.6 Å². The summed E-state index contributed by atoms with van der Waals surface area (Å²) >= 11 is 0. The van der Waals surface area contributed by atoms with E-state index in [-0.39, 0.29) is 6.04 Å². The van der Waals surface area contributed by atoms with Gasteiger partial charge in [0, 0.05) is 12.6 Å². The zero-order valence-electron chi connectivity index (χ0n) is 9.56. The average Bonchev–Trinajstić information content (AvgIpc) is 1.98. The molecule has 0 aromatic rings. The second kappa shape index (κ2) is 4.37.